The first kappa shape index (κ1) is 15.9. The molecule has 114 valence electrons. The minimum absolute atomic E-state index is 0.131. The molecule has 0 unspecified atom stereocenters. The van der Waals surface area contributed by atoms with Gasteiger partial charge in [0.05, 0.1) is 5.02 Å². The summed E-state index contributed by atoms with van der Waals surface area (Å²) in [4.78, 5) is 23.4. The molecule has 0 aliphatic carbocycles. The van der Waals surface area contributed by atoms with Gasteiger partial charge in [-0.15, -0.1) is 0 Å². The Morgan fingerprint density at radius 1 is 0.909 bits per heavy atom. The number of anilines is 2. The zero-order chi connectivity index (χ0) is 16.1. The van der Waals surface area contributed by atoms with Crippen LogP contribution in [0.3, 0.4) is 0 Å². The lowest BCUT2D eigenvalue weighted by Gasteiger charge is -2.07. The Hall–Kier alpha value is -2.47. The molecule has 0 fully saturated rings. The number of halogens is 3. The van der Waals surface area contributed by atoms with Gasteiger partial charge < -0.3 is 10.6 Å². The van der Waals surface area contributed by atoms with Gasteiger partial charge in [0.15, 0.2) is 0 Å². The predicted octanol–water partition coefficient (Wildman–Crippen LogP) is 3.59. The van der Waals surface area contributed by atoms with Crippen molar-refractivity contribution in [1.82, 2.24) is 0 Å². The number of nitrogens with one attached hydrogen (secondary N) is 2. The van der Waals surface area contributed by atoms with E-state index in [9.17, 15) is 18.4 Å². The molecule has 0 saturated carbocycles. The molecule has 0 bridgehead atoms. The highest BCUT2D eigenvalue weighted by atomic mass is 35.5. The van der Waals surface area contributed by atoms with Gasteiger partial charge in [0.1, 0.15) is 18.1 Å². The molecule has 2 N–H and O–H groups in total. The van der Waals surface area contributed by atoms with Gasteiger partial charge in [-0.1, -0.05) is 11.6 Å². The quantitative estimate of drug-likeness (QED) is 0.844. The fraction of sp³-hybridized carbons (Fsp3) is 0.0667. The van der Waals surface area contributed by atoms with Crippen molar-refractivity contribution in [2.24, 2.45) is 0 Å². The van der Waals surface area contributed by atoms with Crippen molar-refractivity contribution < 1.29 is 18.4 Å². The molecule has 0 heterocycles. The van der Waals surface area contributed by atoms with Crippen molar-refractivity contribution >= 4 is 34.8 Å². The summed E-state index contributed by atoms with van der Waals surface area (Å²) in [5, 5.41) is 4.75. The van der Waals surface area contributed by atoms with Crippen LogP contribution in [0.25, 0.3) is 0 Å². The molecule has 4 nitrogen and oxygen atoms in total. The van der Waals surface area contributed by atoms with E-state index in [1.54, 1.807) is 0 Å². The summed E-state index contributed by atoms with van der Waals surface area (Å²) < 4.78 is 25.7. The number of rotatable bonds is 4. The monoisotopic (exact) mass is 324 g/mol. The number of benzene rings is 2. The average Bonchev–Trinajstić information content (AvgIpc) is 2.45. The summed E-state index contributed by atoms with van der Waals surface area (Å²) in [6.07, 6.45) is -0.438. The average molecular weight is 325 g/mol. The van der Waals surface area contributed by atoms with Crippen LogP contribution in [0.15, 0.2) is 42.5 Å². The topological polar surface area (TPSA) is 58.2 Å². The second kappa shape index (κ2) is 7.00. The molecule has 0 saturated heterocycles. The Morgan fingerprint density at radius 3 is 2.05 bits per heavy atom. The highest BCUT2D eigenvalue weighted by Gasteiger charge is 2.11. The molecule has 2 aromatic rings. The third-order valence-corrected chi connectivity index (χ3v) is 2.94. The van der Waals surface area contributed by atoms with Gasteiger partial charge in [-0.25, -0.2) is 8.78 Å². The number of hydrogen-bond acceptors (Lipinski definition) is 2. The molecule has 2 aromatic carbocycles. The van der Waals surface area contributed by atoms with Gasteiger partial charge in [0.2, 0.25) is 11.8 Å². The number of carbonyl (C=O) groups excluding carboxylic acids is 2. The van der Waals surface area contributed by atoms with E-state index in [1.165, 1.54) is 36.4 Å². The van der Waals surface area contributed by atoms with Gasteiger partial charge in [-0.2, -0.15) is 0 Å². The molecule has 0 atom stereocenters. The number of hydrogen-bond donors (Lipinski definition) is 2. The van der Waals surface area contributed by atoms with Crippen LogP contribution in [0.2, 0.25) is 5.02 Å². The SMILES string of the molecule is O=C(CC(=O)Nc1ccc(F)c(Cl)c1)Nc1ccc(F)cc1. The first-order valence-corrected chi connectivity index (χ1v) is 6.62. The van der Waals surface area contributed by atoms with Crippen molar-refractivity contribution in [2.45, 2.75) is 6.42 Å². The lowest BCUT2D eigenvalue weighted by atomic mass is 10.2. The van der Waals surface area contributed by atoms with Gasteiger partial charge >= 0.3 is 0 Å². The van der Waals surface area contributed by atoms with E-state index in [4.69, 9.17) is 11.6 Å². The number of carbonyl (C=O) groups is 2. The smallest absolute Gasteiger partial charge is 0.233 e. The van der Waals surface area contributed by atoms with Crippen LogP contribution >= 0.6 is 11.6 Å². The third kappa shape index (κ3) is 4.53. The highest BCUT2D eigenvalue weighted by Crippen LogP contribution is 2.19. The highest BCUT2D eigenvalue weighted by molar-refractivity contribution is 6.31. The van der Waals surface area contributed by atoms with Crippen molar-refractivity contribution in [3.63, 3.8) is 0 Å². The Bertz CT molecular complexity index is 705. The van der Waals surface area contributed by atoms with Crippen LogP contribution in [0, 0.1) is 11.6 Å². The van der Waals surface area contributed by atoms with E-state index in [-0.39, 0.29) is 10.7 Å². The standard InChI is InChI=1S/C15H11ClF2N2O2/c16-12-7-11(5-6-13(12)18)20-15(22)8-14(21)19-10-3-1-9(17)2-4-10/h1-7H,8H2,(H,19,21)(H,20,22). The summed E-state index contributed by atoms with van der Waals surface area (Å²) in [6, 6.07) is 8.82. The van der Waals surface area contributed by atoms with Crippen LogP contribution in [0.4, 0.5) is 20.2 Å². The van der Waals surface area contributed by atoms with Crippen LogP contribution in [0.5, 0.6) is 0 Å². The summed E-state index contributed by atoms with van der Waals surface area (Å²) in [5.74, 6) is -2.17. The minimum atomic E-state index is -0.603. The fourth-order valence-electron chi connectivity index (χ4n) is 1.66. The molecule has 0 aromatic heterocycles. The van der Waals surface area contributed by atoms with Crippen molar-refractivity contribution in [3.05, 3.63) is 59.1 Å². The van der Waals surface area contributed by atoms with Gasteiger partial charge in [0, 0.05) is 11.4 Å². The zero-order valence-electron chi connectivity index (χ0n) is 11.2. The molecule has 2 rings (SSSR count). The second-order valence-electron chi connectivity index (χ2n) is 4.41. The molecular weight excluding hydrogens is 314 g/mol. The summed E-state index contributed by atoms with van der Waals surface area (Å²) in [7, 11) is 0. The van der Waals surface area contributed by atoms with Crippen molar-refractivity contribution in [2.75, 3.05) is 10.6 Å². The van der Waals surface area contributed by atoms with Crippen molar-refractivity contribution in [3.8, 4) is 0 Å². The fourth-order valence-corrected chi connectivity index (χ4v) is 1.84. The molecule has 2 amide bonds. The maximum Gasteiger partial charge on any atom is 0.233 e. The molecule has 0 aliphatic heterocycles. The largest absolute Gasteiger partial charge is 0.326 e. The summed E-state index contributed by atoms with van der Waals surface area (Å²) in [6.45, 7) is 0. The lowest BCUT2D eigenvalue weighted by Crippen LogP contribution is -2.21. The normalized spacial score (nSPS) is 10.1. The lowest BCUT2D eigenvalue weighted by molar-refractivity contribution is -0.123. The van der Waals surface area contributed by atoms with Gasteiger partial charge in [-0.05, 0) is 42.5 Å². The van der Waals surface area contributed by atoms with Gasteiger partial charge in [0.25, 0.3) is 0 Å². The van der Waals surface area contributed by atoms with Crippen LogP contribution in [-0.2, 0) is 9.59 Å². The van der Waals surface area contributed by atoms with E-state index < -0.39 is 29.9 Å². The molecule has 0 spiro atoms. The van der Waals surface area contributed by atoms with Crippen LogP contribution < -0.4 is 10.6 Å². The molecule has 22 heavy (non-hydrogen) atoms. The third-order valence-electron chi connectivity index (χ3n) is 2.65. The Balaban J connectivity index is 1.89. The number of amides is 2. The van der Waals surface area contributed by atoms with E-state index in [0.717, 1.165) is 6.07 Å². The van der Waals surface area contributed by atoms with Crippen LogP contribution in [0.1, 0.15) is 6.42 Å². The van der Waals surface area contributed by atoms with Crippen LogP contribution in [-0.4, -0.2) is 11.8 Å². The second-order valence-corrected chi connectivity index (χ2v) is 4.82. The summed E-state index contributed by atoms with van der Waals surface area (Å²) >= 11 is 5.59. The van der Waals surface area contributed by atoms with Gasteiger partial charge in [-0.3, -0.25) is 9.59 Å². The molecule has 0 aliphatic rings. The van der Waals surface area contributed by atoms with E-state index >= 15 is 0 Å². The minimum Gasteiger partial charge on any atom is -0.326 e. The first-order chi connectivity index (χ1) is 10.4. The Labute approximate surface area is 130 Å². The van der Waals surface area contributed by atoms with E-state index in [1.807, 2.05) is 0 Å². The predicted molar refractivity (Wildman–Crippen MR) is 79.7 cm³/mol. The zero-order valence-corrected chi connectivity index (χ0v) is 12.0. The maximum atomic E-state index is 13.0. The first-order valence-electron chi connectivity index (χ1n) is 6.24. The molecule has 0 radical (unpaired) electrons. The Kier molecular flexibility index (Phi) is 5.06. The Morgan fingerprint density at radius 2 is 1.45 bits per heavy atom. The van der Waals surface area contributed by atoms with E-state index in [2.05, 4.69) is 10.6 Å². The summed E-state index contributed by atoms with van der Waals surface area (Å²) in [5.41, 5.74) is 0.662. The molecule has 7 heteroatoms. The van der Waals surface area contributed by atoms with Crippen molar-refractivity contribution in [1.29, 1.82) is 0 Å². The van der Waals surface area contributed by atoms with E-state index in [0.29, 0.717) is 5.69 Å². The molecular formula is C15H11ClF2N2O2. The maximum absolute atomic E-state index is 13.0.